The van der Waals surface area contributed by atoms with E-state index in [1.807, 2.05) is 0 Å². The summed E-state index contributed by atoms with van der Waals surface area (Å²) in [7, 11) is 2.07. The van der Waals surface area contributed by atoms with E-state index in [1.165, 1.54) is 19.3 Å². The molecule has 4 bridgehead atoms. The number of hydrogen-bond acceptors (Lipinski definition) is 2. The molecule has 90 valence electrons. The van der Waals surface area contributed by atoms with Gasteiger partial charge in [0.25, 0.3) is 0 Å². The van der Waals surface area contributed by atoms with Gasteiger partial charge in [-0.15, -0.1) is 0 Å². The van der Waals surface area contributed by atoms with Crippen molar-refractivity contribution in [3.05, 3.63) is 0 Å². The van der Waals surface area contributed by atoms with Gasteiger partial charge in [-0.25, -0.2) is 0 Å². The van der Waals surface area contributed by atoms with Gasteiger partial charge in [0, 0.05) is 11.5 Å². The Labute approximate surface area is 97.2 Å². The molecule has 3 nitrogen and oxygen atoms in total. The molecule has 1 amide bonds. The van der Waals surface area contributed by atoms with E-state index in [0.717, 1.165) is 25.2 Å². The number of carbonyl (C=O) groups excluding carboxylic acids is 1. The average molecular weight is 222 g/mol. The molecule has 0 saturated heterocycles. The summed E-state index contributed by atoms with van der Waals surface area (Å²) in [6, 6.07) is 0.637. The van der Waals surface area contributed by atoms with Crippen LogP contribution in [0.5, 0.6) is 0 Å². The van der Waals surface area contributed by atoms with Crippen LogP contribution in [0, 0.1) is 23.2 Å². The number of carbonyl (C=O) groups is 1. The van der Waals surface area contributed by atoms with E-state index in [-0.39, 0.29) is 11.3 Å². The smallest absolute Gasteiger partial charge is 0.223 e. The van der Waals surface area contributed by atoms with Crippen molar-refractivity contribution in [2.75, 3.05) is 7.05 Å². The summed E-state index contributed by atoms with van der Waals surface area (Å²) >= 11 is 0. The van der Waals surface area contributed by atoms with Crippen LogP contribution in [-0.2, 0) is 4.79 Å². The molecule has 0 aromatic carbocycles. The van der Waals surface area contributed by atoms with Crippen LogP contribution in [0.1, 0.15) is 38.5 Å². The first-order chi connectivity index (χ1) is 7.64. The molecule has 5 atom stereocenters. The van der Waals surface area contributed by atoms with Crippen molar-refractivity contribution in [1.82, 2.24) is 5.32 Å². The van der Waals surface area contributed by atoms with Crippen LogP contribution in [0.2, 0.25) is 0 Å². The molecule has 3 heteroatoms. The van der Waals surface area contributed by atoms with E-state index in [9.17, 15) is 4.79 Å². The van der Waals surface area contributed by atoms with Crippen LogP contribution in [0.3, 0.4) is 0 Å². The zero-order valence-corrected chi connectivity index (χ0v) is 10.0. The second-order valence-corrected chi connectivity index (χ2v) is 6.27. The number of amides is 1. The van der Waals surface area contributed by atoms with Crippen LogP contribution in [0.4, 0.5) is 0 Å². The number of hydrogen-bond donors (Lipinski definition) is 2. The van der Waals surface area contributed by atoms with E-state index in [4.69, 9.17) is 5.73 Å². The summed E-state index contributed by atoms with van der Waals surface area (Å²) in [6.07, 6.45) is 7.08. The summed E-state index contributed by atoms with van der Waals surface area (Å²) in [5.74, 6) is 2.11. The van der Waals surface area contributed by atoms with Crippen LogP contribution in [-0.4, -0.2) is 19.0 Å². The van der Waals surface area contributed by atoms with Crippen LogP contribution >= 0.6 is 0 Å². The SMILES string of the molecule is CNC1C2CCC3CC1CC(C(N)=O)(C3)C2. The number of primary amides is 1. The normalized spacial score (nSPS) is 50.3. The standard InChI is InChI=1S/C13H22N2O/c1-15-11-9-3-2-8-4-10(11)7-13(5-8,6-9)12(14)16/h8-11,15H,2-7H2,1H3,(H2,14,16). The van der Waals surface area contributed by atoms with Gasteiger partial charge in [0.15, 0.2) is 0 Å². The molecule has 16 heavy (non-hydrogen) atoms. The molecule has 5 unspecified atom stereocenters. The number of fused-ring (bicyclic) bond motifs is 1. The monoisotopic (exact) mass is 222 g/mol. The van der Waals surface area contributed by atoms with Crippen molar-refractivity contribution in [2.45, 2.75) is 44.6 Å². The largest absolute Gasteiger partial charge is 0.369 e. The van der Waals surface area contributed by atoms with E-state index >= 15 is 0 Å². The summed E-state index contributed by atoms with van der Waals surface area (Å²) in [5.41, 5.74) is 5.55. The fraction of sp³-hybridized carbons (Fsp3) is 0.923. The van der Waals surface area contributed by atoms with E-state index in [0.29, 0.717) is 17.9 Å². The molecule has 0 aromatic rings. The summed E-state index contributed by atoms with van der Waals surface area (Å²) in [5, 5.41) is 3.49. The first kappa shape index (κ1) is 10.6. The first-order valence-electron chi connectivity index (χ1n) is 6.62. The highest BCUT2D eigenvalue weighted by molar-refractivity contribution is 5.81. The van der Waals surface area contributed by atoms with Crippen molar-refractivity contribution in [3.8, 4) is 0 Å². The van der Waals surface area contributed by atoms with Crippen molar-refractivity contribution in [1.29, 1.82) is 0 Å². The second kappa shape index (κ2) is 3.46. The fourth-order valence-corrected chi connectivity index (χ4v) is 4.91. The number of rotatable bonds is 2. The zero-order chi connectivity index (χ0) is 11.3. The van der Waals surface area contributed by atoms with Crippen molar-refractivity contribution < 1.29 is 4.79 Å². The van der Waals surface area contributed by atoms with Gasteiger partial charge in [-0.3, -0.25) is 4.79 Å². The third-order valence-corrected chi connectivity index (χ3v) is 5.44. The lowest BCUT2D eigenvalue weighted by molar-refractivity contribution is -0.136. The Morgan fingerprint density at radius 1 is 1.25 bits per heavy atom. The minimum Gasteiger partial charge on any atom is -0.369 e. The zero-order valence-electron chi connectivity index (χ0n) is 10.0. The van der Waals surface area contributed by atoms with Crippen molar-refractivity contribution >= 4 is 5.91 Å². The van der Waals surface area contributed by atoms with Gasteiger partial charge >= 0.3 is 0 Å². The molecule has 4 aliphatic carbocycles. The molecule has 0 radical (unpaired) electrons. The molecule has 4 rings (SSSR count). The Balaban J connectivity index is 1.96. The van der Waals surface area contributed by atoms with Gasteiger partial charge in [-0.2, -0.15) is 0 Å². The highest BCUT2D eigenvalue weighted by atomic mass is 16.1. The van der Waals surface area contributed by atoms with Crippen LogP contribution < -0.4 is 11.1 Å². The van der Waals surface area contributed by atoms with Crippen LogP contribution in [0.15, 0.2) is 0 Å². The third-order valence-electron chi connectivity index (χ3n) is 5.44. The minimum atomic E-state index is -0.137. The molecule has 3 N–H and O–H groups in total. The van der Waals surface area contributed by atoms with Crippen molar-refractivity contribution in [2.24, 2.45) is 28.9 Å². The molecular weight excluding hydrogens is 200 g/mol. The predicted octanol–water partition coefficient (Wildman–Crippen LogP) is 1.28. The Kier molecular flexibility index (Phi) is 2.29. The van der Waals surface area contributed by atoms with Gasteiger partial charge < -0.3 is 11.1 Å². The Bertz CT molecular complexity index is 315. The second-order valence-electron chi connectivity index (χ2n) is 6.27. The third kappa shape index (κ3) is 1.33. The lowest BCUT2D eigenvalue weighted by Gasteiger charge is -2.50. The molecule has 4 fully saturated rings. The topological polar surface area (TPSA) is 55.1 Å². The molecule has 4 saturated carbocycles. The summed E-state index contributed by atoms with van der Waals surface area (Å²) in [6.45, 7) is 0. The molecule has 0 aliphatic heterocycles. The fourth-order valence-electron chi connectivity index (χ4n) is 4.91. The maximum absolute atomic E-state index is 11.8. The van der Waals surface area contributed by atoms with Gasteiger partial charge in [-0.05, 0) is 56.9 Å². The summed E-state index contributed by atoms with van der Waals surface area (Å²) < 4.78 is 0. The molecule has 0 spiro atoms. The van der Waals surface area contributed by atoms with Gasteiger partial charge in [0.2, 0.25) is 5.91 Å². The lowest BCUT2D eigenvalue weighted by Crippen LogP contribution is -2.54. The highest BCUT2D eigenvalue weighted by Crippen LogP contribution is 2.57. The number of nitrogens with one attached hydrogen (secondary N) is 1. The van der Waals surface area contributed by atoms with Gasteiger partial charge in [0.05, 0.1) is 0 Å². The van der Waals surface area contributed by atoms with Crippen LogP contribution in [0.25, 0.3) is 0 Å². The Morgan fingerprint density at radius 2 is 2.00 bits per heavy atom. The van der Waals surface area contributed by atoms with Gasteiger partial charge in [0.1, 0.15) is 0 Å². The minimum absolute atomic E-state index is 0.0244. The maximum atomic E-state index is 11.8. The average Bonchev–Trinajstić information content (AvgIpc) is 2.44. The van der Waals surface area contributed by atoms with Gasteiger partial charge in [-0.1, -0.05) is 6.42 Å². The molecule has 0 aromatic heterocycles. The van der Waals surface area contributed by atoms with E-state index in [2.05, 4.69) is 12.4 Å². The Morgan fingerprint density at radius 3 is 2.69 bits per heavy atom. The Hall–Kier alpha value is -0.570. The first-order valence-corrected chi connectivity index (χ1v) is 6.62. The lowest BCUT2D eigenvalue weighted by atomic mass is 9.56. The summed E-state index contributed by atoms with van der Waals surface area (Å²) in [4.78, 5) is 11.8. The quantitative estimate of drug-likeness (QED) is 0.739. The van der Waals surface area contributed by atoms with Crippen molar-refractivity contribution in [3.63, 3.8) is 0 Å². The van der Waals surface area contributed by atoms with E-state index in [1.54, 1.807) is 0 Å². The highest BCUT2D eigenvalue weighted by Gasteiger charge is 2.54. The molecule has 0 heterocycles. The van der Waals surface area contributed by atoms with E-state index < -0.39 is 0 Å². The predicted molar refractivity (Wildman–Crippen MR) is 62.6 cm³/mol. The number of nitrogens with two attached hydrogens (primary N) is 1. The molecule has 4 aliphatic rings. The molecular formula is C13H22N2O. The maximum Gasteiger partial charge on any atom is 0.223 e.